The minimum Gasteiger partial charge on any atom is -0.306 e. The van der Waals surface area contributed by atoms with Crippen LogP contribution in [0.2, 0.25) is 0 Å². The van der Waals surface area contributed by atoms with Crippen LogP contribution >= 0.6 is 0 Å². The van der Waals surface area contributed by atoms with Gasteiger partial charge in [-0.15, -0.1) is 0 Å². The van der Waals surface area contributed by atoms with Crippen LogP contribution in [0.15, 0.2) is 0 Å². The third kappa shape index (κ3) is 2.01. The van der Waals surface area contributed by atoms with E-state index in [1.54, 1.807) is 0 Å². The van der Waals surface area contributed by atoms with Crippen LogP contribution in [0.25, 0.3) is 0 Å². The Balaban J connectivity index is 1.96. The zero-order valence-corrected chi connectivity index (χ0v) is 8.26. The highest BCUT2D eigenvalue weighted by atomic mass is 15.1. The first kappa shape index (κ1) is 8.55. The first-order valence-electron chi connectivity index (χ1n) is 5.53. The van der Waals surface area contributed by atoms with Gasteiger partial charge < -0.3 is 4.90 Å². The van der Waals surface area contributed by atoms with Crippen LogP contribution < -0.4 is 0 Å². The summed E-state index contributed by atoms with van der Waals surface area (Å²) in [5, 5.41) is 0. The zero-order valence-electron chi connectivity index (χ0n) is 8.26. The maximum absolute atomic E-state index is 2.54. The molecule has 1 heteroatoms. The number of nitrogens with zero attached hydrogens (tertiary/aromatic N) is 1. The van der Waals surface area contributed by atoms with Crippen molar-refractivity contribution in [3.8, 4) is 0 Å². The largest absolute Gasteiger partial charge is 0.306 e. The van der Waals surface area contributed by atoms with Crippen molar-refractivity contribution >= 4 is 0 Å². The summed E-state index contributed by atoms with van der Waals surface area (Å²) in [5.41, 5.74) is 0. The fourth-order valence-electron chi connectivity index (χ4n) is 2.88. The summed E-state index contributed by atoms with van der Waals surface area (Å²) in [6, 6.07) is 0. The molecule has 3 fully saturated rings. The van der Waals surface area contributed by atoms with Crippen LogP contribution in [0.3, 0.4) is 0 Å². The van der Waals surface area contributed by atoms with E-state index < -0.39 is 0 Å². The molecule has 0 aromatic carbocycles. The molecule has 0 aromatic heterocycles. The van der Waals surface area contributed by atoms with Gasteiger partial charge in [-0.25, -0.2) is 0 Å². The fourth-order valence-corrected chi connectivity index (χ4v) is 2.88. The summed E-state index contributed by atoms with van der Waals surface area (Å²) in [5.74, 6) is 2.12. The molecule has 70 valence electrons. The smallest absolute Gasteiger partial charge is 0.000661 e. The number of rotatable bonds is 0. The molecule has 1 aliphatic carbocycles. The maximum Gasteiger partial charge on any atom is 0.000661 e. The van der Waals surface area contributed by atoms with E-state index in [9.17, 15) is 0 Å². The molecule has 3 aliphatic rings. The highest BCUT2D eigenvalue weighted by Gasteiger charge is 2.23. The molecule has 0 aromatic rings. The lowest BCUT2D eigenvalue weighted by molar-refractivity contribution is 0.230. The van der Waals surface area contributed by atoms with Crippen LogP contribution in [0.4, 0.5) is 0 Å². The van der Waals surface area contributed by atoms with Gasteiger partial charge in [-0.3, -0.25) is 0 Å². The van der Waals surface area contributed by atoms with Crippen molar-refractivity contribution in [3.05, 3.63) is 0 Å². The highest BCUT2D eigenvalue weighted by molar-refractivity contribution is 4.76. The van der Waals surface area contributed by atoms with E-state index >= 15 is 0 Å². The van der Waals surface area contributed by atoms with Gasteiger partial charge in [0.05, 0.1) is 0 Å². The summed E-state index contributed by atoms with van der Waals surface area (Å²) < 4.78 is 0. The van der Waals surface area contributed by atoms with E-state index in [2.05, 4.69) is 11.9 Å². The molecule has 3 rings (SSSR count). The second kappa shape index (κ2) is 3.78. The van der Waals surface area contributed by atoms with Gasteiger partial charge in [-0.05, 0) is 51.1 Å². The molecule has 0 radical (unpaired) electrons. The molecule has 2 heterocycles. The van der Waals surface area contributed by atoms with Crippen molar-refractivity contribution in [3.63, 3.8) is 0 Å². The van der Waals surface area contributed by atoms with Crippen molar-refractivity contribution < 1.29 is 0 Å². The standard InChI is InChI=1S/C11H21N/c1-12-8-2-3-10-4-6-11(9-12)7-5-10/h10-11H,2-9H2,1H3. The van der Waals surface area contributed by atoms with Crippen LogP contribution in [0.1, 0.15) is 38.5 Å². The van der Waals surface area contributed by atoms with Crippen LogP contribution in [0.5, 0.6) is 0 Å². The normalized spacial score (nSPS) is 38.8. The van der Waals surface area contributed by atoms with Gasteiger partial charge in [0.25, 0.3) is 0 Å². The molecule has 1 saturated carbocycles. The summed E-state index contributed by atoms with van der Waals surface area (Å²) in [6.07, 6.45) is 9.01. The summed E-state index contributed by atoms with van der Waals surface area (Å²) in [4.78, 5) is 2.54. The third-order valence-electron chi connectivity index (χ3n) is 3.69. The Morgan fingerprint density at radius 1 is 0.917 bits per heavy atom. The average Bonchev–Trinajstić information content (AvgIpc) is 2.19. The molecule has 12 heavy (non-hydrogen) atoms. The summed E-state index contributed by atoms with van der Waals surface area (Å²) in [6.45, 7) is 2.71. The maximum atomic E-state index is 2.54. The van der Waals surface area contributed by atoms with Gasteiger partial charge in [0.1, 0.15) is 0 Å². The Kier molecular flexibility index (Phi) is 2.69. The molecule has 2 saturated heterocycles. The Hall–Kier alpha value is -0.0400. The van der Waals surface area contributed by atoms with Gasteiger partial charge >= 0.3 is 0 Å². The molecule has 0 N–H and O–H groups in total. The van der Waals surface area contributed by atoms with Gasteiger partial charge in [0.15, 0.2) is 0 Å². The minimum absolute atomic E-state index is 1.03. The predicted octanol–water partition coefficient (Wildman–Crippen LogP) is 2.52. The second-order valence-corrected chi connectivity index (χ2v) is 4.79. The molecule has 2 bridgehead atoms. The van der Waals surface area contributed by atoms with E-state index in [0.717, 1.165) is 11.8 Å². The molecule has 0 spiro atoms. The van der Waals surface area contributed by atoms with Crippen molar-refractivity contribution in [2.75, 3.05) is 20.1 Å². The first-order valence-corrected chi connectivity index (χ1v) is 5.53. The Morgan fingerprint density at radius 2 is 1.58 bits per heavy atom. The van der Waals surface area contributed by atoms with Crippen LogP contribution in [-0.4, -0.2) is 25.0 Å². The lowest BCUT2D eigenvalue weighted by Crippen LogP contribution is -2.26. The van der Waals surface area contributed by atoms with E-state index in [1.807, 2.05) is 0 Å². The van der Waals surface area contributed by atoms with Crippen LogP contribution in [0, 0.1) is 11.8 Å². The Labute approximate surface area is 76.1 Å². The molecular formula is C11H21N. The summed E-state index contributed by atoms with van der Waals surface area (Å²) >= 11 is 0. The van der Waals surface area contributed by atoms with Crippen molar-refractivity contribution in [2.24, 2.45) is 11.8 Å². The number of hydrogen-bond acceptors (Lipinski definition) is 1. The minimum atomic E-state index is 1.03. The number of fused-ring (bicyclic) bond motifs is 6. The summed E-state index contributed by atoms with van der Waals surface area (Å²) in [7, 11) is 2.29. The quantitative estimate of drug-likeness (QED) is 0.536. The van der Waals surface area contributed by atoms with Crippen molar-refractivity contribution in [1.82, 2.24) is 4.90 Å². The monoisotopic (exact) mass is 167 g/mol. The SMILES string of the molecule is CN1CCCC2CCC(CC2)C1. The molecule has 0 amide bonds. The zero-order chi connectivity index (χ0) is 8.39. The van der Waals surface area contributed by atoms with Gasteiger partial charge in [-0.1, -0.05) is 12.8 Å². The highest BCUT2D eigenvalue weighted by Crippen LogP contribution is 2.33. The fraction of sp³-hybridized carbons (Fsp3) is 1.00. The van der Waals surface area contributed by atoms with Gasteiger partial charge in [0.2, 0.25) is 0 Å². The topological polar surface area (TPSA) is 3.24 Å². The number of hydrogen-bond donors (Lipinski definition) is 0. The lowest BCUT2D eigenvalue weighted by Gasteiger charge is -2.28. The van der Waals surface area contributed by atoms with E-state index in [1.165, 1.54) is 51.6 Å². The first-order chi connectivity index (χ1) is 5.84. The van der Waals surface area contributed by atoms with Crippen LogP contribution in [-0.2, 0) is 0 Å². The third-order valence-corrected chi connectivity index (χ3v) is 3.69. The molecule has 0 atom stereocenters. The van der Waals surface area contributed by atoms with Crippen molar-refractivity contribution in [1.29, 1.82) is 0 Å². The predicted molar refractivity (Wildman–Crippen MR) is 52.2 cm³/mol. The molecule has 2 aliphatic heterocycles. The van der Waals surface area contributed by atoms with E-state index in [0.29, 0.717) is 0 Å². The molecule has 0 unspecified atom stereocenters. The Bertz CT molecular complexity index is 136. The van der Waals surface area contributed by atoms with E-state index in [4.69, 9.17) is 0 Å². The second-order valence-electron chi connectivity index (χ2n) is 4.79. The molecular weight excluding hydrogens is 146 g/mol. The lowest BCUT2D eigenvalue weighted by atomic mass is 9.81. The van der Waals surface area contributed by atoms with E-state index in [-0.39, 0.29) is 0 Å². The Morgan fingerprint density at radius 3 is 2.33 bits per heavy atom. The molecule has 1 nitrogen and oxygen atoms in total. The van der Waals surface area contributed by atoms with Gasteiger partial charge in [0, 0.05) is 6.54 Å². The van der Waals surface area contributed by atoms with Gasteiger partial charge in [-0.2, -0.15) is 0 Å². The van der Waals surface area contributed by atoms with Crippen molar-refractivity contribution in [2.45, 2.75) is 38.5 Å². The average molecular weight is 167 g/mol.